The van der Waals surface area contributed by atoms with Gasteiger partial charge in [-0.25, -0.2) is 8.93 Å². The van der Waals surface area contributed by atoms with E-state index < -0.39 is 21.8 Å². The minimum atomic E-state index is -1.20. The number of hydrogen-bond acceptors (Lipinski definition) is 2. The van der Waals surface area contributed by atoms with E-state index in [0.717, 1.165) is 10.5 Å². The predicted molar refractivity (Wildman–Crippen MR) is 87.5 cm³/mol. The molecule has 0 unspecified atom stereocenters. The van der Waals surface area contributed by atoms with E-state index in [1.54, 1.807) is 6.08 Å². The van der Waals surface area contributed by atoms with Crippen LogP contribution < -0.4 is 4.72 Å². The Balaban J connectivity index is 2.69. The van der Waals surface area contributed by atoms with Crippen molar-refractivity contribution in [2.45, 2.75) is 43.4 Å². The fourth-order valence-electron chi connectivity index (χ4n) is 1.41. The van der Waals surface area contributed by atoms with E-state index in [1.165, 1.54) is 0 Å². The van der Waals surface area contributed by atoms with Gasteiger partial charge in [0.15, 0.2) is 0 Å². The Morgan fingerprint density at radius 3 is 2.25 bits per heavy atom. The van der Waals surface area contributed by atoms with Crippen molar-refractivity contribution >= 4 is 21.8 Å². The van der Waals surface area contributed by atoms with Crippen molar-refractivity contribution in [3.8, 4) is 0 Å². The lowest BCUT2D eigenvalue weighted by Gasteiger charge is -2.22. The van der Waals surface area contributed by atoms with Crippen molar-refractivity contribution in [2.24, 2.45) is 0 Å². The fraction of sp³-hybridized carbons (Fsp3) is 0.467. The van der Waals surface area contributed by atoms with Gasteiger partial charge in [-0.2, -0.15) is 0 Å². The molecule has 112 valence electrons. The molecule has 0 spiro atoms. The van der Waals surface area contributed by atoms with Crippen LogP contribution in [0.3, 0.4) is 0 Å². The Kier molecular flexibility index (Phi) is 6.30. The van der Waals surface area contributed by atoms with Gasteiger partial charge in [-0.15, -0.1) is 6.58 Å². The molecule has 0 radical (unpaired) electrons. The molecule has 3 atom stereocenters. The van der Waals surface area contributed by atoms with Gasteiger partial charge in [-0.1, -0.05) is 23.8 Å². The molecule has 0 fully saturated rings. The first-order valence-corrected chi connectivity index (χ1v) is 8.96. The van der Waals surface area contributed by atoms with Gasteiger partial charge in [0.25, 0.3) is 0 Å². The van der Waals surface area contributed by atoms with E-state index in [2.05, 4.69) is 11.3 Å². The van der Waals surface area contributed by atoms with Crippen molar-refractivity contribution in [1.29, 1.82) is 0 Å². The van der Waals surface area contributed by atoms with Gasteiger partial charge in [-0.05, 0) is 39.8 Å². The standard InChI is InChI=1S/C15H23NO2S2/c1-6-13(16-20(18)15(3,4)5)11-19(17)14-9-7-12(2)8-10-14/h6-10,13,16H,1,11H2,2-5H3/t13-,19+,20+/m1/s1. The average Bonchev–Trinajstić information content (AvgIpc) is 2.37. The summed E-state index contributed by atoms with van der Waals surface area (Å²) in [6.07, 6.45) is 1.66. The molecule has 5 heteroatoms. The molecular formula is C15H23NO2S2. The Morgan fingerprint density at radius 2 is 1.80 bits per heavy atom. The predicted octanol–water partition coefficient (Wildman–Crippen LogP) is 2.71. The van der Waals surface area contributed by atoms with Crippen molar-refractivity contribution in [3.63, 3.8) is 0 Å². The summed E-state index contributed by atoms with van der Waals surface area (Å²) >= 11 is 0. The molecular weight excluding hydrogens is 290 g/mol. The van der Waals surface area contributed by atoms with Crippen LogP contribution in [0.25, 0.3) is 0 Å². The third kappa shape index (κ3) is 5.31. The molecule has 0 amide bonds. The van der Waals surface area contributed by atoms with E-state index in [0.29, 0.717) is 5.75 Å². The molecule has 0 saturated carbocycles. The van der Waals surface area contributed by atoms with Crippen LogP contribution >= 0.6 is 0 Å². The molecule has 0 aliphatic carbocycles. The number of benzene rings is 1. The fourth-order valence-corrected chi connectivity index (χ4v) is 3.51. The van der Waals surface area contributed by atoms with E-state index in [9.17, 15) is 8.42 Å². The molecule has 0 heterocycles. The van der Waals surface area contributed by atoms with Crippen LogP contribution in [0.15, 0.2) is 41.8 Å². The van der Waals surface area contributed by atoms with E-state index in [1.807, 2.05) is 52.0 Å². The maximum absolute atomic E-state index is 12.3. The van der Waals surface area contributed by atoms with E-state index in [4.69, 9.17) is 0 Å². The van der Waals surface area contributed by atoms with Crippen molar-refractivity contribution in [2.75, 3.05) is 5.75 Å². The smallest absolute Gasteiger partial charge is 0.0976 e. The summed E-state index contributed by atoms with van der Waals surface area (Å²) in [5.74, 6) is 0.369. The highest BCUT2D eigenvalue weighted by molar-refractivity contribution is 7.85. The molecule has 20 heavy (non-hydrogen) atoms. The van der Waals surface area contributed by atoms with Crippen molar-refractivity contribution in [3.05, 3.63) is 42.5 Å². The molecule has 0 aliphatic heterocycles. The topological polar surface area (TPSA) is 46.2 Å². The lowest BCUT2D eigenvalue weighted by Crippen LogP contribution is -2.41. The zero-order valence-electron chi connectivity index (χ0n) is 12.5. The van der Waals surface area contributed by atoms with Crippen LogP contribution in [-0.4, -0.2) is 25.0 Å². The van der Waals surface area contributed by atoms with Crippen LogP contribution in [-0.2, 0) is 21.8 Å². The second kappa shape index (κ2) is 7.29. The molecule has 1 aromatic rings. The molecule has 0 aromatic heterocycles. The monoisotopic (exact) mass is 313 g/mol. The second-order valence-corrected chi connectivity index (χ2v) is 9.16. The third-order valence-corrected chi connectivity index (χ3v) is 5.80. The maximum Gasteiger partial charge on any atom is 0.0976 e. The first-order valence-electron chi connectivity index (χ1n) is 6.49. The Morgan fingerprint density at radius 1 is 1.25 bits per heavy atom. The lowest BCUT2D eigenvalue weighted by molar-refractivity contribution is 0.627. The van der Waals surface area contributed by atoms with Gasteiger partial charge in [0.2, 0.25) is 0 Å². The quantitative estimate of drug-likeness (QED) is 0.821. The van der Waals surface area contributed by atoms with Crippen molar-refractivity contribution < 1.29 is 8.42 Å². The third-order valence-electron chi connectivity index (χ3n) is 2.71. The molecule has 0 saturated heterocycles. The highest BCUT2D eigenvalue weighted by atomic mass is 32.2. The van der Waals surface area contributed by atoms with Crippen LogP contribution in [0.1, 0.15) is 26.3 Å². The van der Waals surface area contributed by atoms with Gasteiger partial charge < -0.3 is 0 Å². The molecule has 1 aromatic carbocycles. The van der Waals surface area contributed by atoms with Gasteiger partial charge >= 0.3 is 0 Å². The first kappa shape index (κ1) is 17.3. The van der Waals surface area contributed by atoms with Crippen LogP contribution in [0.4, 0.5) is 0 Å². The molecule has 0 aliphatic rings. The summed E-state index contributed by atoms with van der Waals surface area (Å²) < 4.78 is 27.0. The summed E-state index contributed by atoms with van der Waals surface area (Å²) in [6.45, 7) is 11.4. The maximum atomic E-state index is 12.3. The van der Waals surface area contributed by atoms with Crippen LogP contribution in [0.2, 0.25) is 0 Å². The Labute approximate surface area is 126 Å². The highest BCUT2D eigenvalue weighted by Gasteiger charge is 2.22. The van der Waals surface area contributed by atoms with Gasteiger partial charge in [0.05, 0.1) is 26.5 Å². The number of hydrogen-bond donors (Lipinski definition) is 1. The Hall–Kier alpha value is -0.780. The van der Waals surface area contributed by atoms with Crippen molar-refractivity contribution in [1.82, 2.24) is 4.72 Å². The second-order valence-electron chi connectivity index (χ2n) is 5.67. The largest absolute Gasteiger partial charge is 0.254 e. The summed E-state index contributed by atoms with van der Waals surface area (Å²) in [7, 11) is -2.33. The van der Waals surface area contributed by atoms with Gasteiger partial charge in [0, 0.05) is 16.7 Å². The zero-order chi connectivity index (χ0) is 15.3. The molecule has 1 rings (SSSR count). The number of aryl methyl sites for hydroxylation is 1. The first-order chi connectivity index (χ1) is 9.24. The van der Waals surface area contributed by atoms with E-state index in [-0.39, 0.29) is 10.8 Å². The zero-order valence-corrected chi connectivity index (χ0v) is 14.1. The van der Waals surface area contributed by atoms with Crippen LogP contribution in [0.5, 0.6) is 0 Å². The van der Waals surface area contributed by atoms with E-state index >= 15 is 0 Å². The Bertz CT molecular complexity index is 504. The average molecular weight is 313 g/mol. The minimum absolute atomic E-state index is 0.239. The lowest BCUT2D eigenvalue weighted by atomic mass is 10.2. The molecule has 1 N–H and O–H groups in total. The summed E-state index contributed by atoms with van der Waals surface area (Å²) in [5, 5.41) is 0. The van der Waals surface area contributed by atoms with Gasteiger partial charge in [0.1, 0.15) is 0 Å². The van der Waals surface area contributed by atoms with Crippen LogP contribution in [0, 0.1) is 6.92 Å². The normalized spacial score (nSPS) is 16.4. The summed E-state index contributed by atoms with van der Waals surface area (Å²) in [6, 6.07) is 7.38. The number of rotatable bonds is 6. The summed E-state index contributed by atoms with van der Waals surface area (Å²) in [5.41, 5.74) is 1.14. The van der Waals surface area contributed by atoms with Gasteiger partial charge in [-0.3, -0.25) is 4.21 Å². The number of nitrogens with one attached hydrogen (secondary N) is 1. The molecule has 3 nitrogen and oxygen atoms in total. The minimum Gasteiger partial charge on any atom is -0.254 e. The highest BCUT2D eigenvalue weighted by Crippen LogP contribution is 2.12. The molecule has 0 bridgehead atoms. The SMILES string of the molecule is C=C[C@H](C[S@](=O)c1ccc(C)cc1)N[S@@](=O)C(C)(C)C. The summed E-state index contributed by atoms with van der Waals surface area (Å²) in [4.78, 5) is 0.783.